The molecular formula is C30H39BrN2O3. The molecule has 3 aromatic rings. The summed E-state index contributed by atoms with van der Waals surface area (Å²) in [5.41, 5.74) is -0.275. The molecule has 1 saturated carbocycles. The highest BCUT2D eigenvalue weighted by molar-refractivity contribution is 5.30. The first-order valence-electron chi connectivity index (χ1n) is 13.4. The zero-order valence-corrected chi connectivity index (χ0v) is 22.7. The van der Waals surface area contributed by atoms with Crippen molar-refractivity contribution in [2.24, 2.45) is 5.92 Å². The average Bonchev–Trinajstić information content (AvgIpc) is 3.58. The lowest BCUT2D eigenvalue weighted by atomic mass is 9.73. The summed E-state index contributed by atoms with van der Waals surface area (Å²) in [5, 5.41) is 12.1. The van der Waals surface area contributed by atoms with E-state index >= 15 is 0 Å². The molecule has 1 atom stereocenters. The van der Waals surface area contributed by atoms with Crippen LogP contribution >= 0.6 is 0 Å². The van der Waals surface area contributed by atoms with Crippen LogP contribution in [-0.4, -0.2) is 40.8 Å². The van der Waals surface area contributed by atoms with Gasteiger partial charge in [0.05, 0.1) is 32.4 Å². The standard InChI is InChI=1S/C30H39N2O3.BrH/c33-30(25-13-4-1-5-14-25,26-15-6-2-7-16-26)29-31-23-28(35-29)24-32(19-10-11-20-32)21-12-22-34-27-17-8-3-9-18-27;/h1,3-5,8-9,13-14,17-18,23,26,33H,2,6-7,10-12,15-16,19-22,24H2;1H/q+1;/p-1/t30-;/m1./s1. The van der Waals surface area contributed by atoms with Crippen LogP contribution in [0.4, 0.5) is 0 Å². The van der Waals surface area contributed by atoms with Gasteiger partial charge in [0.15, 0.2) is 11.4 Å². The van der Waals surface area contributed by atoms with E-state index in [2.05, 4.69) is 0 Å². The van der Waals surface area contributed by atoms with Crippen molar-refractivity contribution in [2.45, 2.75) is 63.5 Å². The van der Waals surface area contributed by atoms with Gasteiger partial charge in [-0.1, -0.05) is 67.8 Å². The Bertz CT molecular complexity index is 1050. The van der Waals surface area contributed by atoms with Crippen molar-refractivity contribution in [3.63, 3.8) is 0 Å². The lowest BCUT2D eigenvalue weighted by Gasteiger charge is -2.36. The second-order valence-corrected chi connectivity index (χ2v) is 10.5. The Morgan fingerprint density at radius 1 is 0.917 bits per heavy atom. The topological polar surface area (TPSA) is 55.5 Å². The molecule has 1 aromatic heterocycles. The molecule has 2 aliphatic rings. The number of hydrogen-bond donors (Lipinski definition) is 1. The Morgan fingerprint density at radius 2 is 1.58 bits per heavy atom. The molecule has 0 radical (unpaired) electrons. The number of oxazole rings is 1. The van der Waals surface area contributed by atoms with Gasteiger partial charge in [-0.15, -0.1) is 0 Å². The molecule has 2 fully saturated rings. The van der Waals surface area contributed by atoms with E-state index in [0.717, 1.165) is 86.4 Å². The van der Waals surface area contributed by atoms with Crippen LogP contribution in [0.15, 0.2) is 71.3 Å². The number of quaternary nitrogens is 1. The summed E-state index contributed by atoms with van der Waals surface area (Å²) in [6, 6.07) is 20.1. The molecule has 1 aliphatic heterocycles. The van der Waals surface area contributed by atoms with Crippen LogP contribution < -0.4 is 21.7 Å². The Balaban J connectivity index is 0.00000304. The Kier molecular flexibility index (Phi) is 9.26. The van der Waals surface area contributed by atoms with Crippen molar-refractivity contribution < 1.29 is 35.7 Å². The summed E-state index contributed by atoms with van der Waals surface area (Å²) in [5.74, 6) is 2.42. The van der Waals surface area contributed by atoms with E-state index < -0.39 is 5.60 Å². The van der Waals surface area contributed by atoms with E-state index in [4.69, 9.17) is 14.1 Å². The molecule has 5 nitrogen and oxygen atoms in total. The minimum atomic E-state index is -1.17. The van der Waals surface area contributed by atoms with Gasteiger partial charge < -0.3 is 35.7 Å². The monoisotopic (exact) mass is 554 g/mol. The van der Waals surface area contributed by atoms with Gasteiger partial charge in [0.25, 0.3) is 0 Å². The Labute approximate surface area is 225 Å². The molecule has 1 N–H and O–H groups in total. The maximum atomic E-state index is 12.1. The first-order valence-corrected chi connectivity index (χ1v) is 13.4. The molecule has 0 spiro atoms. The predicted molar refractivity (Wildman–Crippen MR) is 137 cm³/mol. The number of aromatic nitrogens is 1. The quantitative estimate of drug-likeness (QED) is 0.309. The van der Waals surface area contributed by atoms with Gasteiger partial charge >= 0.3 is 0 Å². The lowest BCUT2D eigenvalue weighted by Crippen LogP contribution is -3.00. The fraction of sp³-hybridized carbons (Fsp3) is 0.500. The van der Waals surface area contributed by atoms with Crippen molar-refractivity contribution in [2.75, 3.05) is 26.2 Å². The van der Waals surface area contributed by atoms with Crippen molar-refractivity contribution in [1.29, 1.82) is 0 Å². The van der Waals surface area contributed by atoms with Crippen LogP contribution in [0.25, 0.3) is 0 Å². The third-order valence-electron chi connectivity index (χ3n) is 8.08. The average molecular weight is 556 g/mol. The fourth-order valence-corrected chi connectivity index (χ4v) is 6.21. The van der Waals surface area contributed by atoms with Crippen molar-refractivity contribution in [3.05, 3.63) is 84.1 Å². The highest BCUT2D eigenvalue weighted by Crippen LogP contribution is 2.43. The van der Waals surface area contributed by atoms with Crippen LogP contribution in [0.5, 0.6) is 5.75 Å². The fourth-order valence-electron chi connectivity index (χ4n) is 6.21. The van der Waals surface area contributed by atoms with Crippen molar-refractivity contribution >= 4 is 0 Å². The molecule has 36 heavy (non-hydrogen) atoms. The molecule has 1 saturated heterocycles. The number of nitrogens with zero attached hydrogens (tertiary/aromatic N) is 2. The molecule has 194 valence electrons. The molecule has 2 aromatic carbocycles. The number of hydrogen-bond acceptors (Lipinski definition) is 4. The van der Waals surface area contributed by atoms with E-state index in [1.165, 1.54) is 19.3 Å². The number of halogens is 1. The van der Waals surface area contributed by atoms with E-state index in [-0.39, 0.29) is 22.9 Å². The zero-order valence-electron chi connectivity index (χ0n) is 21.2. The van der Waals surface area contributed by atoms with Crippen LogP contribution in [0, 0.1) is 5.92 Å². The van der Waals surface area contributed by atoms with Gasteiger partial charge in [0.2, 0.25) is 5.89 Å². The SMILES string of the molecule is O[C@@](c1ccccc1)(c1ncc(C[N+]2(CCCOc3ccccc3)CCCC2)o1)C1CCCCC1.[Br-]. The van der Waals surface area contributed by atoms with Crippen LogP contribution in [0.3, 0.4) is 0 Å². The van der Waals surface area contributed by atoms with E-state index in [9.17, 15) is 5.11 Å². The van der Waals surface area contributed by atoms with Crippen molar-refractivity contribution in [1.82, 2.24) is 4.98 Å². The minimum absolute atomic E-state index is 0. The summed E-state index contributed by atoms with van der Waals surface area (Å²) in [7, 11) is 0. The van der Waals surface area contributed by atoms with Gasteiger partial charge in [-0.05, 0) is 30.5 Å². The molecule has 2 heterocycles. The number of ether oxygens (including phenoxy) is 1. The first kappa shape index (κ1) is 26.9. The maximum absolute atomic E-state index is 12.1. The number of likely N-dealkylation sites (tertiary alicyclic amines) is 1. The highest BCUT2D eigenvalue weighted by Gasteiger charge is 2.45. The number of para-hydroxylation sites is 1. The molecule has 1 aliphatic carbocycles. The van der Waals surface area contributed by atoms with E-state index in [1.54, 1.807) is 0 Å². The van der Waals surface area contributed by atoms with Crippen LogP contribution in [0.1, 0.15) is 68.6 Å². The van der Waals surface area contributed by atoms with E-state index in [0.29, 0.717) is 5.89 Å². The molecular weight excluding hydrogens is 516 g/mol. The second kappa shape index (κ2) is 12.4. The molecule has 0 bridgehead atoms. The Hall–Kier alpha value is -2.15. The molecule has 6 heteroatoms. The van der Waals surface area contributed by atoms with E-state index in [1.807, 2.05) is 66.9 Å². The molecule has 0 unspecified atom stereocenters. The van der Waals surface area contributed by atoms with Gasteiger partial charge in [-0.3, -0.25) is 0 Å². The normalized spacial score (nSPS) is 19.4. The van der Waals surface area contributed by atoms with Crippen LogP contribution in [-0.2, 0) is 12.1 Å². The smallest absolute Gasteiger partial charge is 0.231 e. The van der Waals surface area contributed by atoms with Crippen molar-refractivity contribution in [3.8, 4) is 5.75 Å². The predicted octanol–water partition coefficient (Wildman–Crippen LogP) is 3.07. The van der Waals surface area contributed by atoms with Gasteiger partial charge in [-0.25, -0.2) is 4.98 Å². The van der Waals surface area contributed by atoms with Gasteiger partial charge in [0, 0.05) is 25.2 Å². The summed E-state index contributed by atoms with van der Waals surface area (Å²) in [4.78, 5) is 4.70. The zero-order chi connectivity index (χ0) is 24.0. The maximum Gasteiger partial charge on any atom is 0.231 e. The molecule has 5 rings (SSSR count). The third-order valence-corrected chi connectivity index (χ3v) is 8.08. The van der Waals surface area contributed by atoms with Gasteiger partial charge in [0.1, 0.15) is 12.3 Å². The van der Waals surface area contributed by atoms with Crippen LogP contribution in [0.2, 0.25) is 0 Å². The highest BCUT2D eigenvalue weighted by atomic mass is 79.9. The number of benzene rings is 2. The summed E-state index contributed by atoms with van der Waals surface area (Å²) >= 11 is 0. The summed E-state index contributed by atoms with van der Waals surface area (Å²) in [6.45, 7) is 4.93. The summed E-state index contributed by atoms with van der Waals surface area (Å²) in [6.07, 6.45) is 10.9. The number of aliphatic hydroxyl groups is 1. The first-order chi connectivity index (χ1) is 17.2. The third kappa shape index (κ3) is 6.04. The largest absolute Gasteiger partial charge is 1.00 e. The van der Waals surface area contributed by atoms with Gasteiger partial charge in [-0.2, -0.15) is 0 Å². The second-order valence-electron chi connectivity index (χ2n) is 10.5. The minimum Gasteiger partial charge on any atom is -1.00 e. The Morgan fingerprint density at radius 3 is 2.28 bits per heavy atom. The number of rotatable bonds is 10. The summed E-state index contributed by atoms with van der Waals surface area (Å²) < 4.78 is 13.4. The molecule has 0 amide bonds. The lowest BCUT2D eigenvalue weighted by molar-refractivity contribution is -0.930.